The number of rotatable bonds is 5. The van der Waals surface area contributed by atoms with Gasteiger partial charge in [-0.15, -0.1) is 0 Å². The number of nitriles is 1. The van der Waals surface area contributed by atoms with Crippen molar-refractivity contribution >= 4 is 17.6 Å². The number of aromatic nitrogens is 2. The molecule has 0 atom stereocenters. The first-order chi connectivity index (χ1) is 11.9. The van der Waals surface area contributed by atoms with Crippen molar-refractivity contribution in [3.63, 3.8) is 0 Å². The van der Waals surface area contributed by atoms with Crippen LogP contribution in [-0.2, 0) is 4.74 Å². The smallest absolute Gasteiger partial charge is 0.359 e. The summed E-state index contributed by atoms with van der Waals surface area (Å²) in [5, 5.41) is 25.3. The zero-order valence-corrected chi connectivity index (χ0v) is 12.7. The van der Waals surface area contributed by atoms with Gasteiger partial charge in [0.05, 0.1) is 17.9 Å². The topological polar surface area (TPSA) is 154 Å². The molecule has 1 aromatic heterocycles. The van der Waals surface area contributed by atoms with Crippen LogP contribution in [0.1, 0.15) is 33.5 Å². The summed E-state index contributed by atoms with van der Waals surface area (Å²) >= 11 is 0. The molecule has 0 unspecified atom stereocenters. The molecule has 10 nitrogen and oxygen atoms in total. The van der Waals surface area contributed by atoms with E-state index in [-0.39, 0.29) is 17.9 Å². The normalized spacial score (nSPS) is 9.80. The van der Waals surface area contributed by atoms with E-state index in [9.17, 15) is 19.1 Å². The van der Waals surface area contributed by atoms with E-state index in [0.717, 1.165) is 22.9 Å². The van der Waals surface area contributed by atoms with Crippen molar-refractivity contribution in [3.8, 4) is 11.8 Å². The third-order valence-corrected chi connectivity index (χ3v) is 2.99. The maximum absolute atomic E-state index is 13.5. The molecule has 0 aliphatic rings. The minimum Gasteiger partial charge on any atom is -0.476 e. The van der Waals surface area contributed by atoms with E-state index in [1.54, 1.807) is 6.07 Å². The quantitative estimate of drug-likeness (QED) is 0.380. The van der Waals surface area contributed by atoms with Gasteiger partial charge in [0.15, 0.2) is 11.4 Å². The third-order valence-electron chi connectivity index (χ3n) is 2.99. The number of halogens is 1. The Bertz CT molecular complexity index is 955. The molecule has 25 heavy (non-hydrogen) atoms. The van der Waals surface area contributed by atoms with Gasteiger partial charge in [-0.3, -0.25) is 0 Å². The first kappa shape index (κ1) is 17.5. The van der Waals surface area contributed by atoms with Crippen LogP contribution in [0.2, 0.25) is 0 Å². The van der Waals surface area contributed by atoms with Gasteiger partial charge in [-0.2, -0.15) is 10.4 Å². The van der Waals surface area contributed by atoms with Crippen LogP contribution in [0, 0.1) is 17.1 Å². The van der Waals surface area contributed by atoms with E-state index in [0.29, 0.717) is 0 Å². The lowest BCUT2D eigenvalue weighted by Crippen LogP contribution is -2.09. The van der Waals surface area contributed by atoms with Crippen LogP contribution in [-0.4, -0.2) is 33.4 Å². The van der Waals surface area contributed by atoms with Crippen LogP contribution in [0.4, 0.5) is 10.1 Å². The Hall–Kier alpha value is -3.90. The molecule has 0 fully saturated rings. The molecule has 0 amide bonds. The van der Waals surface area contributed by atoms with Crippen LogP contribution in [0.15, 0.2) is 23.3 Å². The van der Waals surface area contributed by atoms with Crippen molar-refractivity contribution in [1.82, 2.24) is 9.78 Å². The van der Waals surface area contributed by atoms with Crippen LogP contribution >= 0.6 is 0 Å². The molecule has 0 saturated carbocycles. The molecule has 11 heteroatoms. The number of ether oxygens (including phenoxy) is 1. The molecule has 1 heterocycles. The number of carbonyl (C=O) groups excluding carboxylic acids is 1. The minimum atomic E-state index is -1.55. The Labute approximate surface area is 139 Å². The zero-order valence-electron chi connectivity index (χ0n) is 12.7. The molecule has 0 spiro atoms. The van der Waals surface area contributed by atoms with E-state index in [1.165, 1.54) is 6.92 Å². The highest BCUT2D eigenvalue weighted by Crippen LogP contribution is 2.28. The van der Waals surface area contributed by atoms with Crippen molar-refractivity contribution < 1.29 is 23.8 Å². The maximum atomic E-state index is 13.5. The fraction of sp³-hybridized carbons (Fsp3) is 0.143. The summed E-state index contributed by atoms with van der Waals surface area (Å²) in [6, 6.07) is 4.75. The van der Waals surface area contributed by atoms with Crippen LogP contribution < -0.4 is 0 Å². The number of carboxylic acid groups (broad SMARTS) is 1. The second-order valence-corrected chi connectivity index (χ2v) is 4.45. The lowest BCUT2D eigenvalue weighted by Gasteiger charge is -2.05. The lowest BCUT2D eigenvalue weighted by atomic mass is 10.2. The molecule has 0 bridgehead atoms. The number of hydrogen-bond donors (Lipinski definition) is 1. The van der Waals surface area contributed by atoms with E-state index in [1.807, 2.05) is 0 Å². The first-order valence-electron chi connectivity index (χ1n) is 6.73. The molecular weight excluding hydrogens is 335 g/mol. The summed E-state index contributed by atoms with van der Waals surface area (Å²) in [6.07, 6.45) is 0. The standard InChI is InChI=1S/C14H9FN6O4/c1-2-25-14(24)11-10(18-20-17)12(13(22)23)21(19-11)8-3-4-9(15)7(5-8)6-16/h3-5H,2H2,1H3,(H,22,23). The molecule has 2 rings (SSSR count). The van der Waals surface area contributed by atoms with Crippen molar-refractivity contribution in [3.05, 3.63) is 51.4 Å². The number of esters is 1. The monoisotopic (exact) mass is 344 g/mol. The van der Waals surface area contributed by atoms with Crippen molar-refractivity contribution in [1.29, 1.82) is 5.26 Å². The second kappa shape index (κ2) is 7.12. The molecule has 1 aromatic carbocycles. The highest BCUT2D eigenvalue weighted by atomic mass is 19.1. The zero-order chi connectivity index (χ0) is 18.6. The van der Waals surface area contributed by atoms with Crippen molar-refractivity contribution in [2.24, 2.45) is 5.11 Å². The summed E-state index contributed by atoms with van der Waals surface area (Å²) < 4.78 is 19.0. The average molecular weight is 344 g/mol. The molecule has 0 saturated heterocycles. The molecule has 0 aliphatic heterocycles. The Morgan fingerprint density at radius 2 is 2.28 bits per heavy atom. The number of hydrogen-bond acceptors (Lipinski definition) is 6. The van der Waals surface area contributed by atoms with E-state index in [2.05, 4.69) is 15.1 Å². The predicted molar refractivity (Wildman–Crippen MR) is 80.0 cm³/mol. The van der Waals surface area contributed by atoms with E-state index in [4.69, 9.17) is 15.5 Å². The van der Waals surface area contributed by atoms with Gasteiger partial charge < -0.3 is 9.84 Å². The first-order valence-corrected chi connectivity index (χ1v) is 6.73. The number of azide groups is 1. The lowest BCUT2D eigenvalue weighted by molar-refractivity contribution is 0.0519. The minimum absolute atomic E-state index is 0.0136. The Morgan fingerprint density at radius 3 is 2.84 bits per heavy atom. The van der Waals surface area contributed by atoms with E-state index >= 15 is 0 Å². The number of nitrogens with zero attached hydrogens (tertiary/aromatic N) is 6. The van der Waals surface area contributed by atoms with Crippen LogP contribution in [0.5, 0.6) is 0 Å². The highest BCUT2D eigenvalue weighted by Gasteiger charge is 2.28. The fourth-order valence-electron chi connectivity index (χ4n) is 2.00. The van der Waals surface area contributed by atoms with Gasteiger partial charge in [0, 0.05) is 4.91 Å². The van der Waals surface area contributed by atoms with Crippen LogP contribution in [0.3, 0.4) is 0 Å². The molecule has 126 valence electrons. The second-order valence-electron chi connectivity index (χ2n) is 4.45. The van der Waals surface area contributed by atoms with Gasteiger partial charge in [-0.1, -0.05) is 5.11 Å². The van der Waals surface area contributed by atoms with Gasteiger partial charge >= 0.3 is 11.9 Å². The van der Waals surface area contributed by atoms with Crippen molar-refractivity contribution in [2.75, 3.05) is 6.61 Å². The van der Waals surface area contributed by atoms with Gasteiger partial charge in [-0.05, 0) is 30.7 Å². The maximum Gasteiger partial charge on any atom is 0.359 e. The van der Waals surface area contributed by atoms with Gasteiger partial charge in [0.2, 0.25) is 0 Å². The molecule has 0 radical (unpaired) electrons. The average Bonchev–Trinajstić information content (AvgIpc) is 2.95. The summed E-state index contributed by atoms with van der Waals surface area (Å²) in [7, 11) is 0. The van der Waals surface area contributed by atoms with E-state index < -0.39 is 34.8 Å². The summed E-state index contributed by atoms with van der Waals surface area (Å²) in [4.78, 5) is 26.0. The molecule has 1 N–H and O–H groups in total. The number of carbonyl (C=O) groups is 2. The van der Waals surface area contributed by atoms with Crippen molar-refractivity contribution in [2.45, 2.75) is 6.92 Å². The molecule has 2 aromatic rings. The number of aromatic carboxylic acids is 1. The number of carboxylic acids is 1. The van der Waals surface area contributed by atoms with Gasteiger partial charge in [0.25, 0.3) is 0 Å². The van der Waals surface area contributed by atoms with Gasteiger partial charge in [0.1, 0.15) is 17.6 Å². The summed E-state index contributed by atoms with van der Waals surface area (Å²) in [5.41, 5.74) is 6.59. The SMILES string of the molecule is CCOC(=O)c1nn(-c2ccc(F)c(C#N)c2)c(C(=O)O)c1N=[N+]=[N-]. The fourth-order valence-corrected chi connectivity index (χ4v) is 2.00. The summed E-state index contributed by atoms with van der Waals surface area (Å²) in [6.45, 7) is 1.51. The van der Waals surface area contributed by atoms with Gasteiger partial charge in [-0.25, -0.2) is 18.7 Å². The Balaban J connectivity index is 2.80. The van der Waals surface area contributed by atoms with Crippen LogP contribution in [0.25, 0.3) is 16.1 Å². The Kier molecular flexibility index (Phi) is 4.97. The molecule has 0 aliphatic carbocycles. The largest absolute Gasteiger partial charge is 0.476 e. The number of benzene rings is 1. The Morgan fingerprint density at radius 1 is 1.56 bits per heavy atom. The molecular formula is C14H9FN6O4. The third kappa shape index (κ3) is 3.24. The predicted octanol–water partition coefficient (Wildman–Crippen LogP) is 2.70. The summed E-state index contributed by atoms with van der Waals surface area (Å²) in [5.74, 6) is -3.35. The highest BCUT2D eigenvalue weighted by molar-refractivity contribution is 6.01.